The van der Waals surface area contributed by atoms with E-state index in [4.69, 9.17) is 23.2 Å². The fraction of sp³-hybridized carbons (Fsp3) is 0.333. The van der Waals surface area contributed by atoms with Gasteiger partial charge in [0.25, 0.3) is 0 Å². The van der Waals surface area contributed by atoms with E-state index in [-0.39, 0.29) is 9.40 Å². The van der Waals surface area contributed by atoms with Crippen molar-refractivity contribution in [3.05, 3.63) is 30.3 Å². The zero-order chi connectivity index (χ0) is 15.8. The van der Waals surface area contributed by atoms with Gasteiger partial charge in [0, 0.05) is 14.1 Å². The molecule has 0 fully saturated rings. The number of anilines is 1. The van der Waals surface area contributed by atoms with E-state index in [0.717, 1.165) is 26.2 Å². The predicted octanol–water partition coefficient (Wildman–Crippen LogP) is 1.69. The normalized spacial score (nSPS) is 13.5. The van der Waals surface area contributed by atoms with E-state index in [0.29, 0.717) is 4.31 Å². The average molecular weight is 365 g/mol. The molecule has 0 heterocycles. The lowest BCUT2D eigenvalue weighted by atomic mass is 10.3. The molecule has 6 nitrogen and oxygen atoms in total. The summed E-state index contributed by atoms with van der Waals surface area (Å²) in [5.41, 5.74) is -0.315. The third-order valence-corrected chi connectivity index (χ3v) is 7.26. The molecule has 0 saturated heterocycles. The molecule has 0 aromatic heterocycles. The van der Waals surface area contributed by atoms with E-state index in [1.807, 2.05) is 0 Å². The number of benzene rings is 1. The quantitative estimate of drug-likeness (QED) is 0.745. The van der Waals surface area contributed by atoms with Crippen LogP contribution in [0, 0.1) is 0 Å². The van der Waals surface area contributed by atoms with Crippen LogP contribution in [0.4, 0.5) is 10.1 Å². The molecule has 0 unspecified atom stereocenters. The van der Waals surface area contributed by atoms with E-state index in [2.05, 4.69) is 0 Å². The summed E-state index contributed by atoms with van der Waals surface area (Å²) >= 11 is 9.93. The molecule has 0 aliphatic carbocycles. The summed E-state index contributed by atoms with van der Waals surface area (Å²) in [5, 5.41) is 0. The van der Waals surface area contributed by atoms with Crippen LogP contribution in [0.25, 0.3) is 0 Å². The molecule has 11 heteroatoms. The largest absolute Gasteiger partial charge is 0.377 e. The minimum Gasteiger partial charge on any atom is -0.199 e. The van der Waals surface area contributed by atoms with Crippen LogP contribution in [-0.4, -0.2) is 39.2 Å². The Kier molecular flexibility index (Phi) is 4.92. The Labute approximate surface area is 126 Å². The molecule has 114 valence electrons. The summed E-state index contributed by atoms with van der Waals surface area (Å²) < 4.78 is 58.4. The molecule has 0 amide bonds. The third-order valence-electron chi connectivity index (χ3n) is 2.15. The van der Waals surface area contributed by atoms with Gasteiger partial charge in [-0.1, -0.05) is 18.2 Å². The highest BCUT2D eigenvalue weighted by Gasteiger charge is 2.50. The van der Waals surface area contributed by atoms with Gasteiger partial charge < -0.3 is 0 Å². The molecule has 0 aliphatic rings. The summed E-state index contributed by atoms with van der Waals surface area (Å²) in [5.74, 6) is 0. The number of halogens is 3. The van der Waals surface area contributed by atoms with Crippen LogP contribution in [0.2, 0.25) is 0 Å². The van der Waals surface area contributed by atoms with Crippen molar-refractivity contribution in [3.63, 3.8) is 0 Å². The highest BCUT2D eigenvalue weighted by Crippen LogP contribution is 2.37. The summed E-state index contributed by atoms with van der Waals surface area (Å²) in [4.78, 5) is 0. The second kappa shape index (κ2) is 5.64. The average Bonchev–Trinajstić information content (AvgIpc) is 2.28. The van der Waals surface area contributed by atoms with Crippen molar-refractivity contribution in [1.82, 2.24) is 4.31 Å². The summed E-state index contributed by atoms with van der Waals surface area (Å²) in [7, 11) is -7.62. The number of para-hydroxylation sites is 1. The van der Waals surface area contributed by atoms with E-state index < -0.39 is 24.2 Å². The first-order valence-corrected chi connectivity index (χ1v) is 8.61. The van der Waals surface area contributed by atoms with Crippen molar-refractivity contribution < 1.29 is 21.2 Å². The van der Waals surface area contributed by atoms with Crippen LogP contribution in [0.5, 0.6) is 0 Å². The number of hydrogen-bond acceptors (Lipinski definition) is 4. The van der Waals surface area contributed by atoms with Crippen molar-refractivity contribution in [2.75, 3.05) is 17.8 Å². The Balaban J connectivity index is 3.64. The molecule has 20 heavy (non-hydrogen) atoms. The van der Waals surface area contributed by atoms with Gasteiger partial charge in [0.15, 0.2) is 0 Å². The Bertz CT molecular complexity index is 672. The minimum atomic E-state index is -5.23. The number of hydrogen-bond donors (Lipinski definition) is 0. The maximum absolute atomic E-state index is 13.5. The van der Waals surface area contributed by atoms with Crippen LogP contribution >= 0.6 is 23.2 Å². The fourth-order valence-corrected chi connectivity index (χ4v) is 4.82. The second-order valence-electron chi connectivity index (χ2n) is 3.77. The van der Waals surface area contributed by atoms with Crippen LogP contribution in [0.15, 0.2) is 30.3 Å². The minimum absolute atomic E-state index is 0.153. The number of rotatable bonds is 5. The van der Waals surface area contributed by atoms with Gasteiger partial charge in [0.1, 0.15) is 0 Å². The lowest BCUT2D eigenvalue weighted by Crippen LogP contribution is -2.48. The molecule has 0 radical (unpaired) electrons. The fourth-order valence-electron chi connectivity index (χ4n) is 1.19. The van der Waals surface area contributed by atoms with Crippen molar-refractivity contribution in [2.24, 2.45) is 0 Å². The van der Waals surface area contributed by atoms with Crippen LogP contribution in [0.1, 0.15) is 0 Å². The Morgan fingerprint density at radius 3 is 1.85 bits per heavy atom. The monoisotopic (exact) mass is 364 g/mol. The zero-order valence-corrected chi connectivity index (χ0v) is 13.5. The highest BCUT2D eigenvalue weighted by molar-refractivity contribution is 8.11. The second-order valence-corrected chi connectivity index (χ2v) is 9.56. The van der Waals surface area contributed by atoms with Crippen LogP contribution < -0.4 is 3.71 Å². The van der Waals surface area contributed by atoms with E-state index in [1.165, 1.54) is 18.2 Å². The molecule has 1 aromatic rings. The topological polar surface area (TPSA) is 74.8 Å². The maximum atomic E-state index is 13.5. The van der Waals surface area contributed by atoms with Gasteiger partial charge >= 0.3 is 24.2 Å². The molecule has 0 aliphatic heterocycles. The van der Waals surface area contributed by atoms with Crippen LogP contribution in [0.3, 0.4) is 0 Å². The summed E-state index contributed by atoms with van der Waals surface area (Å²) in [6.07, 6.45) is 0. The third kappa shape index (κ3) is 3.17. The van der Waals surface area contributed by atoms with E-state index in [9.17, 15) is 21.2 Å². The lowest BCUT2D eigenvalue weighted by Gasteiger charge is -2.28. The van der Waals surface area contributed by atoms with Crippen molar-refractivity contribution in [3.8, 4) is 0 Å². The van der Waals surface area contributed by atoms with Crippen molar-refractivity contribution in [2.45, 2.75) is 3.92 Å². The zero-order valence-electron chi connectivity index (χ0n) is 10.4. The smallest absolute Gasteiger partial charge is 0.199 e. The molecular formula is C9H11Cl2FN2O4S2. The number of sulfonamides is 1. The molecule has 1 rings (SSSR count). The predicted molar refractivity (Wildman–Crippen MR) is 76.0 cm³/mol. The molecule has 1 aromatic carbocycles. The highest BCUT2D eigenvalue weighted by atomic mass is 35.5. The van der Waals surface area contributed by atoms with Crippen LogP contribution in [-0.2, 0) is 20.2 Å². The maximum Gasteiger partial charge on any atom is 0.377 e. The standard InChI is InChI=1S/C9H11Cl2FN2O4S2/c1-13(2)20(17,18)14(8-6-4-3-5-7-8)19(15,16)9(10,11)12/h3-7H,1-2H3. The van der Waals surface area contributed by atoms with Crippen molar-refractivity contribution in [1.29, 1.82) is 0 Å². The van der Waals surface area contributed by atoms with Gasteiger partial charge in [-0.15, -0.1) is 3.71 Å². The van der Waals surface area contributed by atoms with E-state index >= 15 is 0 Å². The summed E-state index contributed by atoms with van der Waals surface area (Å²) in [6, 6.07) is 6.62. The molecule has 0 bridgehead atoms. The number of nitrogens with zero attached hydrogens (tertiary/aromatic N) is 2. The molecule has 0 N–H and O–H groups in total. The molecule has 0 spiro atoms. The number of alkyl halides is 3. The molecular weight excluding hydrogens is 354 g/mol. The Morgan fingerprint density at radius 2 is 1.50 bits per heavy atom. The summed E-state index contributed by atoms with van der Waals surface area (Å²) in [6.45, 7) is 0. The first-order valence-electron chi connectivity index (χ1n) is 5.01. The molecule has 0 saturated carbocycles. The first-order chi connectivity index (χ1) is 8.92. The van der Waals surface area contributed by atoms with Gasteiger partial charge in [-0.2, -0.15) is 25.5 Å². The van der Waals surface area contributed by atoms with E-state index in [1.54, 1.807) is 0 Å². The van der Waals surface area contributed by atoms with Crippen molar-refractivity contribution >= 4 is 49.1 Å². The van der Waals surface area contributed by atoms with Gasteiger partial charge in [0.2, 0.25) is 0 Å². The molecule has 0 atom stereocenters. The van der Waals surface area contributed by atoms with Gasteiger partial charge in [-0.3, -0.25) is 0 Å². The van der Waals surface area contributed by atoms with Gasteiger partial charge in [-0.05, 0) is 35.3 Å². The Hall–Kier alpha value is -0.610. The lowest BCUT2D eigenvalue weighted by molar-refractivity contribution is 0.467. The SMILES string of the molecule is CN(C)S(=O)(=O)N(c1ccccc1)S(=O)(=O)C(F)(Cl)Cl. The Morgan fingerprint density at radius 1 is 1.05 bits per heavy atom. The van der Waals surface area contributed by atoms with Gasteiger partial charge in [-0.25, -0.2) is 0 Å². The first kappa shape index (κ1) is 17.4. The van der Waals surface area contributed by atoms with Gasteiger partial charge in [0.05, 0.1) is 5.69 Å².